The van der Waals surface area contributed by atoms with Crippen molar-refractivity contribution in [1.82, 2.24) is 15.5 Å². The van der Waals surface area contributed by atoms with Gasteiger partial charge in [0.15, 0.2) is 0 Å². The predicted molar refractivity (Wildman–Crippen MR) is 121 cm³/mol. The van der Waals surface area contributed by atoms with E-state index in [1.165, 1.54) is 4.90 Å². The second-order valence-corrected chi connectivity index (χ2v) is 10.1. The molecule has 0 bridgehead atoms. The zero-order valence-electron chi connectivity index (χ0n) is 18.7. The molecule has 0 aromatic heterocycles. The fourth-order valence-corrected chi connectivity index (χ4v) is 5.41. The first-order valence-corrected chi connectivity index (χ1v) is 11.0. The summed E-state index contributed by atoms with van der Waals surface area (Å²) in [5.41, 5.74) is 1.02. The zero-order valence-corrected chi connectivity index (χ0v) is 18.7. The highest BCUT2D eigenvalue weighted by Crippen LogP contribution is 2.30. The van der Waals surface area contributed by atoms with Crippen molar-refractivity contribution < 1.29 is 14.4 Å². The summed E-state index contributed by atoms with van der Waals surface area (Å²) in [6, 6.07) is 11.1. The topological polar surface area (TPSA) is 78.5 Å². The van der Waals surface area contributed by atoms with Crippen LogP contribution >= 0.6 is 0 Å². The van der Waals surface area contributed by atoms with Crippen molar-refractivity contribution in [2.24, 2.45) is 0 Å². The normalized spacial score (nSPS) is 20.2. The number of rotatable bonds is 5. The van der Waals surface area contributed by atoms with E-state index < -0.39 is 0 Å². The van der Waals surface area contributed by atoms with Gasteiger partial charge in [-0.15, -0.1) is 0 Å². The molecule has 31 heavy (non-hydrogen) atoms. The number of hydrogen-bond acceptors (Lipinski definition) is 4. The van der Waals surface area contributed by atoms with E-state index in [0.717, 1.165) is 23.6 Å². The molecule has 2 aromatic rings. The van der Waals surface area contributed by atoms with Crippen LogP contribution in [0.5, 0.6) is 0 Å². The number of piperidine rings is 1. The van der Waals surface area contributed by atoms with Gasteiger partial charge in [-0.3, -0.25) is 19.3 Å². The van der Waals surface area contributed by atoms with Gasteiger partial charge in [-0.2, -0.15) is 0 Å². The Hall–Kier alpha value is -2.73. The summed E-state index contributed by atoms with van der Waals surface area (Å²) in [5, 5.41) is 8.39. The van der Waals surface area contributed by atoms with Crippen LogP contribution in [0.3, 0.4) is 0 Å². The maximum Gasteiger partial charge on any atom is 0.261 e. The molecule has 6 nitrogen and oxygen atoms in total. The maximum absolute atomic E-state index is 12.9. The summed E-state index contributed by atoms with van der Waals surface area (Å²) in [6.45, 7) is 8.84. The Morgan fingerprint density at radius 2 is 1.55 bits per heavy atom. The van der Waals surface area contributed by atoms with E-state index in [1.807, 2.05) is 24.3 Å². The molecular weight excluding hydrogens is 390 g/mol. The Morgan fingerprint density at radius 3 is 2.10 bits per heavy atom. The molecule has 6 heteroatoms. The van der Waals surface area contributed by atoms with Crippen LogP contribution in [0.15, 0.2) is 36.4 Å². The van der Waals surface area contributed by atoms with E-state index in [4.69, 9.17) is 0 Å². The number of nitrogens with one attached hydrogen (secondary N) is 2. The van der Waals surface area contributed by atoms with Crippen LogP contribution in [0.4, 0.5) is 0 Å². The molecule has 3 amide bonds. The third kappa shape index (κ3) is 4.35. The van der Waals surface area contributed by atoms with Crippen LogP contribution in [0.2, 0.25) is 0 Å². The van der Waals surface area contributed by atoms with Crippen molar-refractivity contribution in [1.29, 1.82) is 0 Å². The van der Waals surface area contributed by atoms with Gasteiger partial charge in [-0.25, -0.2) is 0 Å². The molecule has 0 radical (unpaired) electrons. The molecule has 2 aliphatic heterocycles. The summed E-state index contributed by atoms with van der Waals surface area (Å²) in [5.74, 6) is -0.592. The number of carbonyl (C=O) groups excluding carboxylic acids is 3. The highest BCUT2D eigenvalue weighted by atomic mass is 16.2. The minimum atomic E-state index is -0.281. The van der Waals surface area contributed by atoms with Gasteiger partial charge >= 0.3 is 0 Å². The molecule has 4 rings (SSSR count). The number of imide groups is 1. The molecule has 0 spiro atoms. The monoisotopic (exact) mass is 421 g/mol. The minimum absolute atomic E-state index is 0.0297. The van der Waals surface area contributed by atoms with Gasteiger partial charge in [0.2, 0.25) is 5.91 Å². The molecule has 2 aromatic carbocycles. The van der Waals surface area contributed by atoms with E-state index in [0.29, 0.717) is 17.5 Å². The van der Waals surface area contributed by atoms with Gasteiger partial charge in [0.1, 0.15) is 0 Å². The molecule has 2 aliphatic rings. The van der Waals surface area contributed by atoms with Crippen molar-refractivity contribution in [3.05, 3.63) is 47.5 Å². The van der Waals surface area contributed by atoms with E-state index in [-0.39, 0.29) is 47.8 Å². The van der Waals surface area contributed by atoms with E-state index >= 15 is 0 Å². The summed E-state index contributed by atoms with van der Waals surface area (Å²) >= 11 is 0. The van der Waals surface area contributed by atoms with Crippen LogP contribution in [0.25, 0.3) is 10.8 Å². The summed E-state index contributed by atoms with van der Waals surface area (Å²) in [6.07, 6.45) is 2.46. The Morgan fingerprint density at radius 1 is 1.00 bits per heavy atom. The van der Waals surface area contributed by atoms with E-state index in [9.17, 15) is 14.4 Å². The molecule has 164 valence electrons. The molecule has 1 fully saturated rings. The molecule has 0 unspecified atom stereocenters. The van der Waals surface area contributed by atoms with Crippen LogP contribution in [0, 0.1) is 0 Å². The van der Waals surface area contributed by atoms with Gasteiger partial charge in [0.05, 0.1) is 0 Å². The van der Waals surface area contributed by atoms with Crippen molar-refractivity contribution >= 4 is 28.5 Å². The lowest BCUT2D eigenvalue weighted by molar-refractivity contribution is -0.122. The highest BCUT2D eigenvalue weighted by molar-refractivity contribution is 6.25. The smallest absolute Gasteiger partial charge is 0.261 e. The number of nitrogens with zero attached hydrogens (tertiary/aromatic N) is 1. The lowest BCUT2D eigenvalue weighted by Crippen LogP contribution is -2.62. The van der Waals surface area contributed by atoms with Gasteiger partial charge in [-0.1, -0.05) is 24.3 Å². The van der Waals surface area contributed by atoms with E-state index in [1.54, 1.807) is 12.1 Å². The first-order chi connectivity index (χ1) is 14.6. The van der Waals surface area contributed by atoms with Gasteiger partial charge < -0.3 is 10.6 Å². The Balaban J connectivity index is 1.37. The maximum atomic E-state index is 12.9. The van der Waals surface area contributed by atoms with Gasteiger partial charge in [-0.05, 0) is 64.5 Å². The molecule has 0 aliphatic carbocycles. The van der Waals surface area contributed by atoms with Crippen molar-refractivity contribution in [2.75, 3.05) is 6.54 Å². The summed E-state index contributed by atoms with van der Waals surface area (Å²) in [7, 11) is 0. The quantitative estimate of drug-likeness (QED) is 0.723. The second kappa shape index (κ2) is 7.75. The highest BCUT2D eigenvalue weighted by Gasteiger charge is 2.38. The Kier molecular flexibility index (Phi) is 5.38. The first-order valence-electron chi connectivity index (χ1n) is 11.0. The van der Waals surface area contributed by atoms with Crippen LogP contribution in [-0.4, -0.2) is 46.3 Å². The minimum Gasteiger partial charge on any atom is -0.353 e. The first kappa shape index (κ1) is 21.5. The predicted octanol–water partition coefficient (Wildman–Crippen LogP) is 3.64. The number of hydrogen-bond donors (Lipinski definition) is 2. The lowest BCUT2D eigenvalue weighted by atomic mass is 9.79. The lowest BCUT2D eigenvalue weighted by Gasteiger charge is -2.46. The van der Waals surface area contributed by atoms with Crippen LogP contribution in [-0.2, 0) is 4.79 Å². The largest absolute Gasteiger partial charge is 0.353 e. The standard InChI is InChI=1S/C25H31N3O3/c1-24(2)14-17(15-25(3,4)27-24)26-20(29)12-7-13-28-22(30)18-10-5-8-16-9-6-11-19(21(16)18)23(28)31/h5-6,8-11,17,27H,7,12-15H2,1-4H3,(H,26,29). The van der Waals surface area contributed by atoms with Crippen LogP contribution in [0.1, 0.15) is 74.1 Å². The molecule has 0 atom stereocenters. The van der Waals surface area contributed by atoms with Crippen molar-refractivity contribution in [3.63, 3.8) is 0 Å². The fourth-order valence-electron chi connectivity index (χ4n) is 5.41. The third-order valence-corrected chi connectivity index (χ3v) is 6.20. The SMILES string of the molecule is CC1(C)CC(NC(=O)CCCN2C(=O)c3cccc4cccc(c34)C2=O)CC(C)(C)N1. The van der Waals surface area contributed by atoms with E-state index in [2.05, 4.69) is 38.3 Å². The second-order valence-electron chi connectivity index (χ2n) is 10.1. The molecule has 0 saturated carbocycles. The molecule has 2 N–H and O–H groups in total. The van der Waals surface area contributed by atoms with Gasteiger partial charge in [0.25, 0.3) is 11.8 Å². The number of amides is 3. The Labute approximate surface area is 183 Å². The summed E-state index contributed by atoms with van der Waals surface area (Å²) < 4.78 is 0. The average Bonchev–Trinajstić information content (AvgIpc) is 2.66. The summed E-state index contributed by atoms with van der Waals surface area (Å²) in [4.78, 5) is 39.7. The van der Waals surface area contributed by atoms with Gasteiger partial charge in [0, 0.05) is 46.6 Å². The molecular formula is C25H31N3O3. The average molecular weight is 422 g/mol. The fraction of sp³-hybridized carbons (Fsp3) is 0.480. The van der Waals surface area contributed by atoms with Crippen molar-refractivity contribution in [2.45, 2.75) is 70.5 Å². The van der Waals surface area contributed by atoms with Crippen LogP contribution < -0.4 is 10.6 Å². The number of benzene rings is 2. The molecule has 1 saturated heterocycles. The zero-order chi connectivity index (χ0) is 22.4. The van der Waals surface area contributed by atoms with Crippen molar-refractivity contribution in [3.8, 4) is 0 Å². The Bertz CT molecular complexity index is 990. The molecule has 2 heterocycles. The number of carbonyl (C=O) groups is 3. The third-order valence-electron chi connectivity index (χ3n) is 6.20.